The number of halogens is 1. The van der Waals surface area contributed by atoms with Gasteiger partial charge in [0.25, 0.3) is 0 Å². The minimum Gasteiger partial charge on any atom is -0.384 e. The summed E-state index contributed by atoms with van der Waals surface area (Å²) >= 11 is 3.36. The van der Waals surface area contributed by atoms with E-state index in [0.717, 1.165) is 15.7 Å². The lowest BCUT2D eigenvalue weighted by Crippen LogP contribution is -2.03. The van der Waals surface area contributed by atoms with Crippen LogP contribution in [0.5, 0.6) is 0 Å². The highest BCUT2D eigenvalue weighted by molar-refractivity contribution is 9.10. The summed E-state index contributed by atoms with van der Waals surface area (Å²) in [6.07, 6.45) is 1.72. The fourth-order valence-corrected chi connectivity index (χ4v) is 2.25. The molecular weight excluding hydrogens is 316 g/mol. The highest BCUT2D eigenvalue weighted by Crippen LogP contribution is 2.23. The second kappa shape index (κ2) is 5.09. The van der Waals surface area contributed by atoms with Gasteiger partial charge in [-0.25, -0.2) is 4.98 Å². The molecule has 2 aromatic heterocycles. The smallest absolute Gasteiger partial charge is 0.155 e. The molecule has 0 unspecified atom stereocenters. The largest absolute Gasteiger partial charge is 0.384 e. The van der Waals surface area contributed by atoms with Crippen LogP contribution in [0.4, 0.5) is 5.82 Å². The van der Waals surface area contributed by atoms with Crippen LogP contribution in [0.25, 0.3) is 17.1 Å². The highest BCUT2D eigenvalue weighted by atomic mass is 79.9. The van der Waals surface area contributed by atoms with Crippen molar-refractivity contribution in [3.63, 3.8) is 0 Å². The number of benzene rings is 1. The van der Waals surface area contributed by atoms with E-state index in [0.29, 0.717) is 11.6 Å². The van der Waals surface area contributed by atoms with Gasteiger partial charge in [0.2, 0.25) is 0 Å². The Balaban J connectivity index is 2.05. The first-order valence-corrected chi connectivity index (χ1v) is 6.97. The summed E-state index contributed by atoms with van der Waals surface area (Å²) in [7, 11) is 0. The van der Waals surface area contributed by atoms with E-state index < -0.39 is 0 Å². The molecule has 3 aromatic rings. The number of nitrogen functional groups attached to an aromatic ring is 1. The van der Waals surface area contributed by atoms with E-state index in [1.54, 1.807) is 10.9 Å². The van der Waals surface area contributed by atoms with Gasteiger partial charge >= 0.3 is 0 Å². The van der Waals surface area contributed by atoms with Gasteiger partial charge in [0.15, 0.2) is 5.82 Å². The van der Waals surface area contributed by atoms with E-state index in [-0.39, 0.29) is 0 Å². The fourth-order valence-electron chi connectivity index (χ4n) is 2.02. The van der Waals surface area contributed by atoms with Crippen LogP contribution in [0.15, 0.2) is 53.1 Å². The zero-order valence-electron chi connectivity index (χ0n) is 10.9. The summed E-state index contributed by atoms with van der Waals surface area (Å²) < 4.78 is 2.57. The van der Waals surface area contributed by atoms with Crippen LogP contribution in [0.2, 0.25) is 0 Å². The maximum Gasteiger partial charge on any atom is 0.155 e. The normalized spacial score (nSPS) is 10.7. The Morgan fingerprint density at radius 1 is 1.15 bits per heavy atom. The van der Waals surface area contributed by atoms with Crippen LogP contribution < -0.4 is 5.73 Å². The Bertz CT molecular complexity index is 747. The molecular formula is C15H13BrN4. The first-order chi connectivity index (χ1) is 9.63. The molecule has 2 heterocycles. The predicted molar refractivity (Wildman–Crippen MR) is 83.6 cm³/mol. The molecule has 0 saturated carbocycles. The third-order valence-corrected chi connectivity index (χ3v) is 3.45. The summed E-state index contributed by atoms with van der Waals surface area (Å²) in [6.45, 7) is 2.06. The number of pyridine rings is 1. The van der Waals surface area contributed by atoms with Gasteiger partial charge in [-0.05, 0) is 41.1 Å². The molecule has 4 nitrogen and oxygen atoms in total. The van der Waals surface area contributed by atoms with E-state index in [2.05, 4.69) is 45.1 Å². The first kappa shape index (κ1) is 12.9. The predicted octanol–water partition coefficient (Wildman–Crippen LogP) is 3.59. The SMILES string of the molecule is Cc1cccc(-c2cc(N)n(-c3ccc(Br)cn3)n2)c1. The molecule has 0 aliphatic carbocycles. The molecule has 5 heteroatoms. The van der Waals surface area contributed by atoms with Gasteiger partial charge in [-0.3, -0.25) is 0 Å². The Kier molecular flexibility index (Phi) is 3.28. The lowest BCUT2D eigenvalue weighted by molar-refractivity contribution is 0.859. The number of hydrogen-bond donors (Lipinski definition) is 1. The first-order valence-electron chi connectivity index (χ1n) is 6.18. The van der Waals surface area contributed by atoms with Crippen molar-refractivity contribution in [3.8, 4) is 17.1 Å². The third-order valence-electron chi connectivity index (χ3n) is 2.98. The summed E-state index contributed by atoms with van der Waals surface area (Å²) in [4.78, 5) is 4.31. The second-order valence-corrected chi connectivity index (χ2v) is 5.49. The van der Waals surface area contributed by atoms with Crippen LogP contribution in [-0.2, 0) is 0 Å². The highest BCUT2D eigenvalue weighted by Gasteiger charge is 2.09. The second-order valence-electron chi connectivity index (χ2n) is 4.57. The molecule has 20 heavy (non-hydrogen) atoms. The molecule has 0 aliphatic rings. The number of hydrogen-bond acceptors (Lipinski definition) is 3. The van der Waals surface area contributed by atoms with Gasteiger partial charge in [-0.15, -0.1) is 0 Å². The number of aromatic nitrogens is 3. The van der Waals surface area contributed by atoms with Gasteiger partial charge in [0.05, 0.1) is 5.69 Å². The molecule has 0 amide bonds. The quantitative estimate of drug-likeness (QED) is 0.782. The zero-order chi connectivity index (χ0) is 14.1. The van der Waals surface area contributed by atoms with E-state index in [9.17, 15) is 0 Å². The van der Waals surface area contributed by atoms with Gasteiger partial charge in [0.1, 0.15) is 5.82 Å². The van der Waals surface area contributed by atoms with Crippen molar-refractivity contribution in [2.45, 2.75) is 6.92 Å². The van der Waals surface area contributed by atoms with E-state index in [1.165, 1.54) is 5.56 Å². The molecule has 100 valence electrons. The van der Waals surface area contributed by atoms with E-state index >= 15 is 0 Å². The summed E-state index contributed by atoms with van der Waals surface area (Å²) in [5, 5.41) is 4.53. The van der Waals surface area contributed by atoms with E-state index in [1.807, 2.05) is 30.3 Å². The van der Waals surface area contributed by atoms with Crippen molar-refractivity contribution in [1.82, 2.24) is 14.8 Å². The van der Waals surface area contributed by atoms with Gasteiger partial charge in [-0.2, -0.15) is 9.78 Å². The van der Waals surface area contributed by atoms with Gasteiger partial charge in [0, 0.05) is 22.3 Å². The molecule has 0 saturated heterocycles. The number of nitrogens with zero attached hydrogens (tertiary/aromatic N) is 3. The molecule has 0 radical (unpaired) electrons. The number of nitrogens with two attached hydrogens (primary N) is 1. The van der Waals surface area contributed by atoms with Gasteiger partial charge in [-0.1, -0.05) is 23.8 Å². The minimum absolute atomic E-state index is 0.566. The van der Waals surface area contributed by atoms with Gasteiger partial charge < -0.3 is 5.73 Å². The maximum atomic E-state index is 6.04. The zero-order valence-corrected chi connectivity index (χ0v) is 12.5. The van der Waals surface area contributed by atoms with Crippen molar-refractivity contribution in [1.29, 1.82) is 0 Å². The van der Waals surface area contributed by atoms with Crippen LogP contribution in [0.1, 0.15) is 5.56 Å². The molecule has 1 aromatic carbocycles. The van der Waals surface area contributed by atoms with Crippen molar-refractivity contribution in [3.05, 3.63) is 58.7 Å². The molecule has 3 rings (SSSR count). The van der Waals surface area contributed by atoms with Crippen LogP contribution >= 0.6 is 15.9 Å². The molecule has 0 bridgehead atoms. The number of anilines is 1. The average Bonchev–Trinajstić information content (AvgIpc) is 2.82. The van der Waals surface area contributed by atoms with Crippen molar-refractivity contribution in [2.75, 3.05) is 5.73 Å². The molecule has 0 aliphatic heterocycles. The lowest BCUT2D eigenvalue weighted by atomic mass is 10.1. The van der Waals surface area contributed by atoms with Crippen molar-refractivity contribution < 1.29 is 0 Å². The molecule has 0 fully saturated rings. The van der Waals surface area contributed by atoms with Crippen LogP contribution in [0.3, 0.4) is 0 Å². The van der Waals surface area contributed by atoms with E-state index in [4.69, 9.17) is 5.73 Å². The summed E-state index contributed by atoms with van der Waals surface area (Å²) in [5.74, 6) is 1.26. The Labute approximate surface area is 125 Å². The summed E-state index contributed by atoms with van der Waals surface area (Å²) in [5.41, 5.74) is 9.12. The Hall–Kier alpha value is -2.14. The fraction of sp³-hybridized carbons (Fsp3) is 0.0667. The Morgan fingerprint density at radius 3 is 2.70 bits per heavy atom. The topological polar surface area (TPSA) is 56.7 Å². The van der Waals surface area contributed by atoms with Crippen molar-refractivity contribution >= 4 is 21.7 Å². The monoisotopic (exact) mass is 328 g/mol. The third kappa shape index (κ3) is 2.44. The lowest BCUT2D eigenvalue weighted by Gasteiger charge is -2.02. The standard InChI is InChI=1S/C15H13BrN4/c1-10-3-2-4-11(7-10)13-8-14(17)20(19-13)15-6-5-12(16)9-18-15/h2-9H,17H2,1H3. The number of aryl methyl sites for hydroxylation is 1. The van der Waals surface area contributed by atoms with Crippen LogP contribution in [-0.4, -0.2) is 14.8 Å². The summed E-state index contributed by atoms with van der Waals surface area (Å²) in [6, 6.07) is 13.8. The molecule has 2 N–H and O–H groups in total. The van der Waals surface area contributed by atoms with Crippen LogP contribution in [0, 0.1) is 6.92 Å². The molecule has 0 atom stereocenters. The van der Waals surface area contributed by atoms with Crippen molar-refractivity contribution in [2.24, 2.45) is 0 Å². The molecule has 0 spiro atoms. The minimum atomic E-state index is 0.566. The Morgan fingerprint density at radius 2 is 2.00 bits per heavy atom. The average molecular weight is 329 g/mol. The number of rotatable bonds is 2. The maximum absolute atomic E-state index is 6.04.